The minimum Gasteiger partial charge on any atom is -0.399 e. The van der Waals surface area contributed by atoms with Gasteiger partial charge < -0.3 is 5.73 Å². The highest BCUT2D eigenvalue weighted by Crippen LogP contribution is 2.22. The van der Waals surface area contributed by atoms with Crippen molar-refractivity contribution in [3.05, 3.63) is 33.7 Å². The van der Waals surface area contributed by atoms with Crippen LogP contribution in [0.5, 0.6) is 0 Å². The van der Waals surface area contributed by atoms with E-state index in [0.717, 1.165) is 0 Å². The number of hydrogen-bond donors (Lipinski definition) is 3. The van der Waals surface area contributed by atoms with Crippen molar-refractivity contribution in [2.45, 2.75) is 0 Å². The molecule has 5 nitrogen and oxygen atoms in total. The van der Waals surface area contributed by atoms with Gasteiger partial charge in [0.05, 0.1) is 0 Å². The molecule has 2 aromatic rings. The summed E-state index contributed by atoms with van der Waals surface area (Å²) in [4.78, 5) is 13.3. The number of aromatic nitrogens is 3. The molecule has 72 valence electrons. The fourth-order valence-electron chi connectivity index (χ4n) is 1.16. The maximum absolute atomic E-state index is 10.8. The first kappa shape index (κ1) is 8.83. The number of nitrogen functional groups attached to an aromatic ring is 1. The van der Waals surface area contributed by atoms with Gasteiger partial charge in [-0.2, -0.15) is 5.10 Å². The van der Waals surface area contributed by atoms with Crippen molar-refractivity contribution in [2.75, 3.05) is 5.73 Å². The zero-order chi connectivity index (χ0) is 10.1. The predicted molar refractivity (Wildman–Crippen MR) is 54.1 cm³/mol. The minimum absolute atomic E-state index is 0.362. The number of anilines is 1. The molecule has 14 heavy (non-hydrogen) atoms. The van der Waals surface area contributed by atoms with Crippen molar-refractivity contribution in [1.82, 2.24) is 15.2 Å². The first-order chi connectivity index (χ1) is 6.65. The Hall–Kier alpha value is -1.75. The highest BCUT2D eigenvalue weighted by molar-refractivity contribution is 6.31. The highest BCUT2D eigenvalue weighted by Gasteiger charge is 2.03. The Morgan fingerprint density at radius 2 is 2.14 bits per heavy atom. The quantitative estimate of drug-likeness (QED) is 0.614. The molecule has 6 heteroatoms. The van der Waals surface area contributed by atoms with Gasteiger partial charge in [0.2, 0.25) is 0 Å². The van der Waals surface area contributed by atoms with Crippen LogP contribution < -0.4 is 11.4 Å². The van der Waals surface area contributed by atoms with E-state index in [1.54, 1.807) is 18.2 Å². The molecule has 1 aromatic heterocycles. The first-order valence-corrected chi connectivity index (χ1v) is 4.24. The summed E-state index contributed by atoms with van der Waals surface area (Å²) in [5.74, 6) is 0.421. The zero-order valence-electron chi connectivity index (χ0n) is 7.04. The lowest BCUT2D eigenvalue weighted by molar-refractivity contribution is 1.05. The van der Waals surface area contributed by atoms with Crippen LogP contribution in [-0.2, 0) is 0 Å². The number of benzene rings is 1. The van der Waals surface area contributed by atoms with Crippen LogP contribution in [-0.4, -0.2) is 15.2 Å². The Bertz CT molecular complexity index is 496. The number of nitrogens with one attached hydrogen (secondary N) is 2. The number of rotatable bonds is 1. The van der Waals surface area contributed by atoms with Crippen LogP contribution in [0.25, 0.3) is 11.4 Å². The van der Waals surface area contributed by atoms with Gasteiger partial charge in [0, 0.05) is 16.3 Å². The summed E-state index contributed by atoms with van der Waals surface area (Å²) in [5.41, 5.74) is 6.43. The van der Waals surface area contributed by atoms with Crippen LogP contribution in [0.3, 0.4) is 0 Å². The van der Waals surface area contributed by atoms with Gasteiger partial charge in [-0.15, -0.1) is 0 Å². The van der Waals surface area contributed by atoms with Crippen molar-refractivity contribution in [2.24, 2.45) is 0 Å². The molecule has 0 unspecified atom stereocenters. The molecule has 0 fully saturated rings. The average molecular weight is 211 g/mol. The summed E-state index contributed by atoms with van der Waals surface area (Å²) in [7, 11) is 0. The monoisotopic (exact) mass is 210 g/mol. The predicted octanol–water partition coefficient (Wildman–Crippen LogP) is 1.00. The summed E-state index contributed by atoms with van der Waals surface area (Å²) in [6, 6.07) is 4.97. The SMILES string of the molecule is Nc1cc(Cl)cc(-c2n[nH]c(=O)[nH]2)c1. The topological polar surface area (TPSA) is 87.6 Å². The van der Waals surface area contributed by atoms with Gasteiger partial charge in [0.1, 0.15) is 0 Å². The highest BCUT2D eigenvalue weighted by atomic mass is 35.5. The van der Waals surface area contributed by atoms with E-state index < -0.39 is 0 Å². The Labute approximate surface area is 83.9 Å². The van der Waals surface area contributed by atoms with Crippen molar-refractivity contribution in [3.8, 4) is 11.4 Å². The van der Waals surface area contributed by atoms with Crippen LogP contribution in [0.15, 0.2) is 23.0 Å². The van der Waals surface area contributed by atoms with E-state index in [4.69, 9.17) is 17.3 Å². The molecule has 0 aliphatic rings. The van der Waals surface area contributed by atoms with E-state index in [2.05, 4.69) is 15.2 Å². The van der Waals surface area contributed by atoms with E-state index in [1.165, 1.54) is 0 Å². The fourth-order valence-corrected chi connectivity index (χ4v) is 1.40. The number of nitrogens with zero attached hydrogens (tertiary/aromatic N) is 1. The van der Waals surface area contributed by atoms with Gasteiger partial charge >= 0.3 is 5.69 Å². The lowest BCUT2D eigenvalue weighted by Gasteiger charge is -1.99. The average Bonchev–Trinajstić information content (AvgIpc) is 2.50. The molecule has 0 aliphatic heterocycles. The van der Waals surface area contributed by atoms with Crippen molar-refractivity contribution >= 4 is 17.3 Å². The molecular weight excluding hydrogens is 204 g/mol. The molecule has 0 saturated carbocycles. The summed E-state index contributed by atoms with van der Waals surface area (Å²) in [6.07, 6.45) is 0. The second-order valence-electron chi connectivity index (χ2n) is 2.80. The van der Waals surface area contributed by atoms with Crippen molar-refractivity contribution in [1.29, 1.82) is 0 Å². The van der Waals surface area contributed by atoms with Gasteiger partial charge in [0.15, 0.2) is 5.82 Å². The summed E-state index contributed by atoms with van der Waals surface area (Å²) >= 11 is 5.80. The maximum atomic E-state index is 10.8. The molecule has 0 radical (unpaired) electrons. The standard InChI is InChI=1S/C8H7ClN4O/c9-5-1-4(2-6(10)3-5)7-11-8(14)13-12-7/h1-3H,10H2,(H2,11,12,13,14). The molecule has 1 aromatic carbocycles. The number of hydrogen-bond acceptors (Lipinski definition) is 3. The number of nitrogens with two attached hydrogens (primary N) is 1. The number of aromatic amines is 2. The van der Waals surface area contributed by atoms with Gasteiger partial charge in [-0.1, -0.05) is 11.6 Å². The molecule has 0 atom stereocenters. The van der Waals surface area contributed by atoms with Crippen LogP contribution in [0.4, 0.5) is 5.69 Å². The Kier molecular flexibility index (Phi) is 2.01. The molecule has 0 saturated heterocycles. The molecule has 2 rings (SSSR count). The summed E-state index contributed by atoms with van der Waals surface area (Å²) in [6.45, 7) is 0. The van der Waals surface area contributed by atoms with Crippen molar-refractivity contribution < 1.29 is 0 Å². The molecule has 0 amide bonds. The zero-order valence-corrected chi connectivity index (χ0v) is 7.80. The Morgan fingerprint density at radius 3 is 2.71 bits per heavy atom. The lowest BCUT2D eigenvalue weighted by Crippen LogP contribution is -2.00. The van der Waals surface area contributed by atoms with E-state index in [9.17, 15) is 4.79 Å². The molecule has 1 heterocycles. The van der Waals surface area contributed by atoms with Gasteiger partial charge in [-0.3, -0.25) is 4.98 Å². The Morgan fingerprint density at radius 1 is 1.36 bits per heavy atom. The van der Waals surface area contributed by atoms with Crippen LogP contribution >= 0.6 is 11.6 Å². The van der Waals surface area contributed by atoms with Crippen LogP contribution in [0.1, 0.15) is 0 Å². The lowest BCUT2D eigenvalue weighted by atomic mass is 10.2. The van der Waals surface area contributed by atoms with E-state index in [1.807, 2.05) is 0 Å². The third-order valence-electron chi connectivity index (χ3n) is 1.69. The fraction of sp³-hybridized carbons (Fsp3) is 0. The van der Waals surface area contributed by atoms with E-state index >= 15 is 0 Å². The first-order valence-electron chi connectivity index (χ1n) is 3.86. The molecule has 0 aliphatic carbocycles. The number of H-pyrrole nitrogens is 2. The van der Waals surface area contributed by atoms with E-state index in [0.29, 0.717) is 22.1 Å². The molecule has 0 spiro atoms. The van der Waals surface area contributed by atoms with Crippen molar-refractivity contribution in [3.63, 3.8) is 0 Å². The van der Waals surface area contributed by atoms with Crippen LogP contribution in [0, 0.1) is 0 Å². The Balaban J connectivity index is 2.56. The minimum atomic E-state index is -0.362. The third kappa shape index (κ3) is 1.62. The maximum Gasteiger partial charge on any atom is 0.340 e. The molecular formula is C8H7ClN4O. The summed E-state index contributed by atoms with van der Waals surface area (Å²) < 4.78 is 0. The number of halogens is 1. The largest absolute Gasteiger partial charge is 0.399 e. The van der Waals surface area contributed by atoms with Gasteiger partial charge in [-0.25, -0.2) is 9.89 Å². The summed E-state index contributed by atoms with van der Waals surface area (Å²) in [5, 5.41) is 6.53. The smallest absolute Gasteiger partial charge is 0.340 e. The second kappa shape index (κ2) is 3.19. The molecule has 4 N–H and O–H groups in total. The third-order valence-corrected chi connectivity index (χ3v) is 1.91. The van der Waals surface area contributed by atoms with Gasteiger partial charge in [-0.05, 0) is 18.2 Å². The molecule has 0 bridgehead atoms. The van der Waals surface area contributed by atoms with E-state index in [-0.39, 0.29) is 5.69 Å². The second-order valence-corrected chi connectivity index (χ2v) is 3.24. The van der Waals surface area contributed by atoms with Gasteiger partial charge in [0.25, 0.3) is 0 Å². The van der Waals surface area contributed by atoms with Crippen LogP contribution in [0.2, 0.25) is 5.02 Å². The normalized spacial score (nSPS) is 10.4.